The zero-order valence-corrected chi connectivity index (χ0v) is 12.9. The Labute approximate surface area is 126 Å². The lowest BCUT2D eigenvalue weighted by molar-refractivity contribution is -0.140. The third-order valence-corrected chi connectivity index (χ3v) is 4.25. The van der Waals surface area contributed by atoms with Crippen molar-refractivity contribution in [2.24, 2.45) is 5.41 Å². The first-order valence-electron chi connectivity index (χ1n) is 7.56. The zero-order chi connectivity index (χ0) is 15.3. The number of hydrogen-bond acceptors (Lipinski definition) is 3. The van der Waals surface area contributed by atoms with E-state index < -0.39 is 0 Å². The molecule has 1 fully saturated rings. The van der Waals surface area contributed by atoms with Crippen molar-refractivity contribution in [1.29, 1.82) is 5.26 Å². The number of benzene rings is 1. The molecule has 0 bridgehead atoms. The highest BCUT2D eigenvalue weighted by Crippen LogP contribution is 2.33. The monoisotopic (exact) mass is 285 g/mol. The van der Waals surface area contributed by atoms with E-state index in [-0.39, 0.29) is 11.3 Å². The second kappa shape index (κ2) is 6.73. The third-order valence-electron chi connectivity index (χ3n) is 4.25. The molecule has 4 nitrogen and oxygen atoms in total. The number of carbonyl (C=O) groups is 1. The van der Waals surface area contributed by atoms with E-state index in [2.05, 4.69) is 18.3 Å². The van der Waals surface area contributed by atoms with Gasteiger partial charge in [-0.05, 0) is 37.1 Å². The second-order valence-corrected chi connectivity index (χ2v) is 5.93. The Morgan fingerprint density at radius 1 is 1.52 bits per heavy atom. The minimum absolute atomic E-state index is 0.219. The number of nitrogens with zero attached hydrogens (tertiary/aromatic N) is 2. The van der Waals surface area contributed by atoms with Gasteiger partial charge in [0, 0.05) is 20.1 Å². The van der Waals surface area contributed by atoms with Crippen LogP contribution in [0.5, 0.6) is 0 Å². The van der Waals surface area contributed by atoms with Gasteiger partial charge >= 0.3 is 0 Å². The van der Waals surface area contributed by atoms with E-state index in [0.717, 1.165) is 37.9 Å². The molecule has 0 aliphatic carbocycles. The molecule has 1 aromatic rings. The van der Waals surface area contributed by atoms with E-state index in [0.29, 0.717) is 12.1 Å². The van der Waals surface area contributed by atoms with Gasteiger partial charge < -0.3 is 10.2 Å². The van der Waals surface area contributed by atoms with Gasteiger partial charge in [0.2, 0.25) is 5.91 Å². The summed E-state index contributed by atoms with van der Waals surface area (Å²) in [6, 6.07) is 9.60. The van der Waals surface area contributed by atoms with E-state index in [1.807, 2.05) is 25.2 Å². The van der Waals surface area contributed by atoms with Crippen molar-refractivity contribution < 1.29 is 4.79 Å². The Morgan fingerprint density at radius 3 is 2.95 bits per heavy atom. The molecule has 1 amide bonds. The van der Waals surface area contributed by atoms with Crippen LogP contribution in [0.2, 0.25) is 0 Å². The largest absolute Gasteiger partial charge is 0.341 e. The molecular weight excluding hydrogens is 262 g/mol. The lowest BCUT2D eigenvalue weighted by atomic mass is 9.81. The number of carbonyl (C=O) groups excluding carboxylic acids is 1. The highest BCUT2D eigenvalue weighted by molar-refractivity contribution is 5.83. The lowest BCUT2D eigenvalue weighted by Crippen LogP contribution is -2.43. The van der Waals surface area contributed by atoms with E-state index in [9.17, 15) is 4.79 Å². The molecule has 1 N–H and O–H groups in total. The Morgan fingerprint density at radius 2 is 2.33 bits per heavy atom. The maximum atomic E-state index is 12.8. The van der Waals surface area contributed by atoms with Crippen LogP contribution in [0, 0.1) is 16.7 Å². The van der Waals surface area contributed by atoms with Crippen LogP contribution in [0.1, 0.15) is 37.3 Å². The van der Waals surface area contributed by atoms with Crippen molar-refractivity contribution in [3.63, 3.8) is 0 Å². The summed E-state index contributed by atoms with van der Waals surface area (Å²) in [5, 5.41) is 12.3. The number of hydrogen-bond donors (Lipinski definition) is 1. The van der Waals surface area contributed by atoms with Crippen LogP contribution >= 0.6 is 0 Å². The molecule has 112 valence electrons. The molecule has 1 saturated heterocycles. The first-order valence-corrected chi connectivity index (χ1v) is 7.56. The van der Waals surface area contributed by atoms with Crippen molar-refractivity contribution >= 4 is 5.91 Å². The van der Waals surface area contributed by atoms with Crippen LogP contribution in [0.15, 0.2) is 24.3 Å². The van der Waals surface area contributed by atoms with E-state index in [1.54, 1.807) is 11.0 Å². The van der Waals surface area contributed by atoms with Crippen LogP contribution in [0.25, 0.3) is 0 Å². The number of amides is 1. The molecule has 2 rings (SSSR count). The molecule has 1 unspecified atom stereocenters. The summed E-state index contributed by atoms with van der Waals surface area (Å²) in [6.45, 7) is 4.38. The van der Waals surface area contributed by atoms with Gasteiger partial charge in [-0.25, -0.2) is 0 Å². The number of nitriles is 1. The van der Waals surface area contributed by atoms with Gasteiger partial charge in [-0.1, -0.05) is 25.5 Å². The van der Waals surface area contributed by atoms with Crippen LogP contribution in [-0.4, -0.2) is 30.9 Å². The number of nitrogens with one attached hydrogen (secondary N) is 1. The highest BCUT2D eigenvalue weighted by Gasteiger charge is 2.41. The molecule has 4 heteroatoms. The molecule has 1 aromatic carbocycles. The van der Waals surface area contributed by atoms with E-state index in [4.69, 9.17) is 5.26 Å². The summed E-state index contributed by atoms with van der Waals surface area (Å²) >= 11 is 0. The van der Waals surface area contributed by atoms with Gasteiger partial charge in [-0.2, -0.15) is 5.26 Å². The molecule has 0 spiro atoms. The van der Waals surface area contributed by atoms with Crippen molar-refractivity contribution in [2.45, 2.75) is 32.7 Å². The van der Waals surface area contributed by atoms with Gasteiger partial charge in [0.15, 0.2) is 0 Å². The smallest absolute Gasteiger partial charge is 0.230 e. The SMILES string of the molecule is CCCC1(C(=O)N(C)Cc2cccc(C#N)c2)CCNC1. The summed E-state index contributed by atoms with van der Waals surface area (Å²) in [4.78, 5) is 14.6. The van der Waals surface area contributed by atoms with Crippen LogP contribution in [0.3, 0.4) is 0 Å². The van der Waals surface area contributed by atoms with E-state index in [1.165, 1.54) is 0 Å². The van der Waals surface area contributed by atoms with Gasteiger partial charge in [-0.3, -0.25) is 4.79 Å². The fourth-order valence-electron chi connectivity index (χ4n) is 3.21. The standard InChI is InChI=1S/C17H23N3O/c1-3-7-17(8-9-19-13-17)16(21)20(2)12-15-6-4-5-14(10-15)11-18/h4-6,10,19H,3,7-9,12-13H2,1-2H3. The maximum absolute atomic E-state index is 12.8. The summed E-state index contributed by atoms with van der Waals surface area (Å²) in [5.74, 6) is 0.219. The molecule has 1 aliphatic heterocycles. The van der Waals surface area contributed by atoms with Crippen LogP contribution < -0.4 is 5.32 Å². The first kappa shape index (κ1) is 15.5. The Kier molecular flexibility index (Phi) is 4.98. The third kappa shape index (κ3) is 3.43. The minimum Gasteiger partial charge on any atom is -0.341 e. The zero-order valence-electron chi connectivity index (χ0n) is 12.9. The first-order chi connectivity index (χ1) is 10.1. The average molecular weight is 285 g/mol. The second-order valence-electron chi connectivity index (χ2n) is 5.93. The van der Waals surface area contributed by atoms with Gasteiger partial charge in [0.25, 0.3) is 0 Å². The predicted molar refractivity (Wildman–Crippen MR) is 82.5 cm³/mol. The Balaban J connectivity index is 2.09. The average Bonchev–Trinajstić information content (AvgIpc) is 2.96. The lowest BCUT2D eigenvalue weighted by Gasteiger charge is -2.31. The molecule has 1 aliphatic rings. The fraction of sp³-hybridized carbons (Fsp3) is 0.529. The predicted octanol–water partition coefficient (Wildman–Crippen LogP) is 2.30. The molecule has 1 heterocycles. The van der Waals surface area contributed by atoms with Gasteiger partial charge in [0.1, 0.15) is 0 Å². The fourth-order valence-corrected chi connectivity index (χ4v) is 3.21. The Bertz CT molecular complexity index is 541. The van der Waals surface area contributed by atoms with Crippen molar-refractivity contribution in [3.8, 4) is 6.07 Å². The summed E-state index contributed by atoms with van der Waals surface area (Å²) in [6.07, 6.45) is 2.87. The summed E-state index contributed by atoms with van der Waals surface area (Å²) in [5.41, 5.74) is 1.40. The Hall–Kier alpha value is -1.86. The summed E-state index contributed by atoms with van der Waals surface area (Å²) < 4.78 is 0. The van der Waals surface area contributed by atoms with Gasteiger partial charge in [-0.15, -0.1) is 0 Å². The normalized spacial score (nSPS) is 21.0. The van der Waals surface area contributed by atoms with E-state index >= 15 is 0 Å². The molecular formula is C17H23N3O. The maximum Gasteiger partial charge on any atom is 0.230 e. The van der Waals surface area contributed by atoms with Crippen molar-refractivity contribution in [2.75, 3.05) is 20.1 Å². The molecule has 0 saturated carbocycles. The quantitative estimate of drug-likeness (QED) is 0.903. The topological polar surface area (TPSA) is 56.1 Å². The highest BCUT2D eigenvalue weighted by atomic mass is 16.2. The minimum atomic E-state index is -0.240. The molecule has 0 aromatic heterocycles. The molecule has 21 heavy (non-hydrogen) atoms. The number of rotatable bonds is 5. The molecule has 1 atom stereocenters. The molecule has 0 radical (unpaired) electrons. The van der Waals surface area contributed by atoms with Gasteiger partial charge in [0.05, 0.1) is 17.0 Å². The van der Waals surface area contributed by atoms with Crippen molar-refractivity contribution in [1.82, 2.24) is 10.2 Å². The van der Waals surface area contributed by atoms with Crippen LogP contribution in [-0.2, 0) is 11.3 Å². The summed E-state index contributed by atoms with van der Waals surface area (Å²) in [7, 11) is 1.86. The van der Waals surface area contributed by atoms with Crippen LogP contribution in [0.4, 0.5) is 0 Å². The van der Waals surface area contributed by atoms with Crippen molar-refractivity contribution in [3.05, 3.63) is 35.4 Å².